The fraction of sp³-hybridized carbons (Fsp3) is 1.00. The maximum atomic E-state index is 5.79. The van der Waals surface area contributed by atoms with E-state index in [4.69, 9.17) is 5.73 Å². The first-order chi connectivity index (χ1) is 6.22. The molecule has 1 atom stereocenters. The molecule has 1 unspecified atom stereocenters. The molecule has 0 heterocycles. The molecule has 2 nitrogen and oxygen atoms in total. The fourth-order valence-electron chi connectivity index (χ4n) is 1.96. The molecule has 0 amide bonds. The Balaban J connectivity index is 2.10. The minimum atomic E-state index is 0.514. The second-order valence-corrected chi connectivity index (χ2v) is 4.57. The minimum absolute atomic E-state index is 0.514. The van der Waals surface area contributed by atoms with E-state index in [1.54, 1.807) is 0 Å². The molecule has 3 N–H and O–H groups in total. The third kappa shape index (κ3) is 2.96. The summed E-state index contributed by atoms with van der Waals surface area (Å²) in [6.45, 7) is 6.50. The first kappa shape index (κ1) is 11.0. The van der Waals surface area contributed by atoms with Crippen LogP contribution >= 0.6 is 0 Å². The third-order valence-electron chi connectivity index (χ3n) is 3.61. The monoisotopic (exact) mass is 184 g/mol. The summed E-state index contributed by atoms with van der Waals surface area (Å²) in [4.78, 5) is 0. The predicted octanol–water partition coefficient (Wildman–Crippen LogP) is 1.89. The summed E-state index contributed by atoms with van der Waals surface area (Å²) < 4.78 is 0. The zero-order valence-electron chi connectivity index (χ0n) is 9.10. The van der Waals surface area contributed by atoms with Gasteiger partial charge in [-0.2, -0.15) is 0 Å². The van der Waals surface area contributed by atoms with Crippen molar-refractivity contribution < 1.29 is 0 Å². The first-order valence-electron chi connectivity index (χ1n) is 5.66. The lowest BCUT2D eigenvalue weighted by atomic mass is 9.67. The molecular formula is C11H24N2. The average molecular weight is 184 g/mol. The third-order valence-corrected chi connectivity index (χ3v) is 3.61. The van der Waals surface area contributed by atoms with Crippen molar-refractivity contribution in [2.75, 3.05) is 13.1 Å². The van der Waals surface area contributed by atoms with Crippen molar-refractivity contribution in [3.8, 4) is 0 Å². The van der Waals surface area contributed by atoms with Crippen molar-refractivity contribution in [1.82, 2.24) is 5.32 Å². The van der Waals surface area contributed by atoms with Gasteiger partial charge in [0, 0.05) is 6.04 Å². The quantitative estimate of drug-likeness (QED) is 0.661. The van der Waals surface area contributed by atoms with E-state index in [1.165, 1.54) is 32.1 Å². The molecule has 1 rings (SSSR count). The van der Waals surface area contributed by atoms with E-state index < -0.39 is 0 Å². The van der Waals surface area contributed by atoms with Gasteiger partial charge in [0.2, 0.25) is 0 Å². The van der Waals surface area contributed by atoms with E-state index in [2.05, 4.69) is 19.2 Å². The molecule has 0 radical (unpaired) electrons. The number of nitrogens with one attached hydrogen (secondary N) is 1. The number of nitrogens with two attached hydrogens (primary N) is 1. The highest BCUT2D eigenvalue weighted by molar-refractivity contribution is 4.89. The molecule has 1 saturated carbocycles. The molecule has 0 bridgehead atoms. The summed E-state index contributed by atoms with van der Waals surface area (Å²) in [7, 11) is 0. The standard InChI is InChI=1S/C11H24N2/c1-3-10(2)13-8-7-11(9-12)5-4-6-11/h10,13H,3-9,12H2,1-2H3. The van der Waals surface area contributed by atoms with Crippen LogP contribution in [-0.4, -0.2) is 19.1 Å². The second kappa shape index (κ2) is 4.97. The molecule has 13 heavy (non-hydrogen) atoms. The Bertz CT molecular complexity index is 136. The van der Waals surface area contributed by atoms with Crippen LogP contribution in [0.25, 0.3) is 0 Å². The molecule has 0 aromatic heterocycles. The van der Waals surface area contributed by atoms with Gasteiger partial charge in [-0.05, 0) is 51.1 Å². The van der Waals surface area contributed by atoms with Crippen LogP contribution in [0.15, 0.2) is 0 Å². The van der Waals surface area contributed by atoms with Crippen molar-refractivity contribution in [3.63, 3.8) is 0 Å². The van der Waals surface area contributed by atoms with Crippen molar-refractivity contribution in [2.45, 2.75) is 52.0 Å². The number of rotatable bonds is 6. The Hall–Kier alpha value is -0.0800. The van der Waals surface area contributed by atoms with Crippen LogP contribution < -0.4 is 11.1 Å². The largest absolute Gasteiger partial charge is 0.330 e. The highest BCUT2D eigenvalue weighted by atomic mass is 14.9. The summed E-state index contributed by atoms with van der Waals surface area (Å²) in [5.74, 6) is 0. The Kier molecular flexibility index (Phi) is 4.20. The summed E-state index contributed by atoms with van der Waals surface area (Å²) in [5, 5.41) is 3.53. The van der Waals surface area contributed by atoms with Gasteiger partial charge in [-0.3, -0.25) is 0 Å². The Labute approximate surface area is 82.3 Å². The van der Waals surface area contributed by atoms with Gasteiger partial charge in [0.15, 0.2) is 0 Å². The van der Waals surface area contributed by atoms with Crippen LogP contribution in [0.3, 0.4) is 0 Å². The molecule has 1 fully saturated rings. The SMILES string of the molecule is CCC(C)NCCC1(CN)CCC1. The van der Waals surface area contributed by atoms with Gasteiger partial charge >= 0.3 is 0 Å². The Morgan fingerprint density at radius 1 is 1.46 bits per heavy atom. The lowest BCUT2D eigenvalue weighted by Gasteiger charge is -2.41. The zero-order chi connectivity index (χ0) is 9.73. The lowest BCUT2D eigenvalue weighted by Crippen LogP contribution is -2.40. The van der Waals surface area contributed by atoms with Crippen molar-refractivity contribution >= 4 is 0 Å². The van der Waals surface area contributed by atoms with Gasteiger partial charge in [0.05, 0.1) is 0 Å². The summed E-state index contributed by atoms with van der Waals surface area (Å²) in [5.41, 5.74) is 6.30. The first-order valence-corrected chi connectivity index (χ1v) is 5.66. The van der Waals surface area contributed by atoms with Crippen molar-refractivity contribution in [2.24, 2.45) is 11.1 Å². The van der Waals surface area contributed by atoms with Crippen LogP contribution in [0.5, 0.6) is 0 Å². The van der Waals surface area contributed by atoms with Crippen LogP contribution in [0.1, 0.15) is 46.0 Å². The topological polar surface area (TPSA) is 38.0 Å². The van der Waals surface area contributed by atoms with E-state index >= 15 is 0 Å². The average Bonchev–Trinajstić information content (AvgIpc) is 2.09. The molecule has 0 spiro atoms. The maximum Gasteiger partial charge on any atom is 0.00361 e. The van der Waals surface area contributed by atoms with E-state index in [-0.39, 0.29) is 0 Å². The molecule has 78 valence electrons. The molecule has 1 aliphatic carbocycles. The molecule has 0 aromatic rings. The number of hydrogen-bond acceptors (Lipinski definition) is 2. The van der Waals surface area contributed by atoms with Gasteiger partial charge in [0.25, 0.3) is 0 Å². The highest BCUT2D eigenvalue weighted by Crippen LogP contribution is 2.42. The normalized spacial score (nSPS) is 22.4. The predicted molar refractivity (Wildman–Crippen MR) is 57.7 cm³/mol. The highest BCUT2D eigenvalue weighted by Gasteiger charge is 2.34. The van der Waals surface area contributed by atoms with Crippen LogP contribution in [0, 0.1) is 5.41 Å². The molecule has 0 aromatic carbocycles. The van der Waals surface area contributed by atoms with Crippen molar-refractivity contribution in [1.29, 1.82) is 0 Å². The van der Waals surface area contributed by atoms with E-state index in [0.717, 1.165) is 13.1 Å². The molecule has 0 saturated heterocycles. The summed E-state index contributed by atoms with van der Waals surface area (Å²) >= 11 is 0. The minimum Gasteiger partial charge on any atom is -0.330 e. The van der Waals surface area contributed by atoms with Gasteiger partial charge in [-0.1, -0.05) is 13.3 Å². The lowest BCUT2D eigenvalue weighted by molar-refractivity contribution is 0.129. The molecule has 0 aliphatic heterocycles. The zero-order valence-corrected chi connectivity index (χ0v) is 9.10. The fourth-order valence-corrected chi connectivity index (χ4v) is 1.96. The van der Waals surface area contributed by atoms with E-state index in [1.807, 2.05) is 0 Å². The molecule has 1 aliphatic rings. The molecular weight excluding hydrogens is 160 g/mol. The molecule has 2 heteroatoms. The summed E-state index contributed by atoms with van der Waals surface area (Å²) in [6, 6.07) is 0.662. The van der Waals surface area contributed by atoms with Crippen molar-refractivity contribution in [3.05, 3.63) is 0 Å². The second-order valence-electron chi connectivity index (χ2n) is 4.57. The van der Waals surface area contributed by atoms with E-state index in [0.29, 0.717) is 11.5 Å². The van der Waals surface area contributed by atoms with Crippen LogP contribution in [-0.2, 0) is 0 Å². The Morgan fingerprint density at radius 2 is 2.15 bits per heavy atom. The summed E-state index contributed by atoms with van der Waals surface area (Å²) in [6.07, 6.45) is 6.58. The Morgan fingerprint density at radius 3 is 2.54 bits per heavy atom. The van der Waals surface area contributed by atoms with E-state index in [9.17, 15) is 0 Å². The maximum absolute atomic E-state index is 5.79. The van der Waals surface area contributed by atoms with Gasteiger partial charge < -0.3 is 11.1 Å². The van der Waals surface area contributed by atoms with Gasteiger partial charge in [-0.25, -0.2) is 0 Å². The van der Waals surface area contributed by atoms with Gasteiger partial charge in [-0.15, -0.1) is 0 Å². The van der Waals surface area contributed by atoms with Crippen LogP contribution in [0.2, 0.25) is 0 Å². The smallest absolute Gasteiger partial charge is 0.00361 e. The number of hydrogen-bond donors (Lipinski definition) is 2. The van der Waals surface area contributed by atoms with Gasteiger partial charge in [0.1, 0.15) is 0 Å². The van der Waals surface area contributed by atoms with Crippen LogP contribution in [0.4, 0.5) is 0 Å².